The molecule has 1 aromatic carbocycles. The van der Waals surface area contributed by atoms with Crippen LogP contribution in [0.2, 0.25) is 5.02 Å². The van der Waals surface area contributed by atoms with Crippen molar-refractivity contribution in [1.82, 2.24) is 4.90 Å². The predicted molar refractivity (Wildman–Crippen MR) is 103 cm³/mol. The Hall–Kier alpha value is -2.21. The van der Waals surface area contributed by atoms with Crippen molar-refractivity contribution in [3.63, 3.8) is 0 Å². The fourth-order valence-electron chi connectivity index (χ4n) is 2.91. The molecule has 0 atom stereocenters. The Balaban J connectivity index is 2.07. The van der Waals surface area contributed by atoms with Crippen LogP contribution < -0.4 is 9.47 Å². The first-order valence-electron chi connectivity index (χ1n) is 9.08. The Morgan fingerprint density at radius 1 is 1.30 bits per heavy atom. The molecule has 7 heteroatoms. The van der Waals surface area contributed by atoms with Gasteiger partial charge in [-0.05, 0) is 52.2 Å². The molecule has 0 heterocycles. The molecule has 0 saturated carbocycles. The highest BCUT2D eigenvalue weighted by molar-refractivity contribution is 6.32. The lowest BCUT2D eigenvalue weighted by Gasteiger charge is -2.22. The number of allylic oxidation sites excluding steroid dienone is 2. The molecule has 0 spiro atoms. The van der Waals surface area contributed by atoms with Gasteiger partial charge in [-0.2, -0.15) is 0 Å². The Bertz CT molecular complexity index is 729. The summed E-state index contributed by atoms with van der Waals surface area (Å²) in [6, 6.07) is 2.94. The van der Waals surface area contributed by atoms with E-state index >= 15 is 0 Å². The summed E-state index contributed by atoms with van der Waals surface area (Å²) in [5.41, 5.74) is 1.20. The molecule has 6 nitrogen and oxygen atoms in total. The Labute approximate surface area is 165 Å². The molecule has 1 aromatic rings. The van der Waals surface area contributed by atoms with Crippen molar-refractivity contribution in [2.75, 3.05) is 20.3 Å². The fourth-order valence-corrected chi connectivity index (χ4v) is 3.17. The second-order valence-corrected chi connectivity index (χ2v) is 6.87. The molecule has 0 radical (unpaired) electrons. The number of ether oxygens (including phenoxy) is 3. The van der Waals surface area contributed by atoms with Crippen molar-refractivity contribution in [3.8, 4) is 11.5 Å². The number of hydrogen-bond donors (Lipinski definition) is 0. The van der Waals surface area contributed by atoms with E-state index in [-0.39, 0.29) is 29.2 Å². The summed E-state index contributed by atoms with van der Waals surface area (Å²) in [4.78, 5) is 26.4. The molecule has 0 unspecified atom stereocenters. The van der Waals surface area contributed by atoms with E-state index in [0.29, 0.717) is 18.0 Å². The van der Waals surface area contributed by atoms with Crippen LogP contribution >= 0.6 is 11.6 Å². The normalized spacial score (nSPS) is 13.3. The van der Waals surface area contributed by atoms with Gasteiger partial charge in [0.1, 0.15) is 0 Å². The molecule has 148 valence electrons. The monoisotopic (exact) mass is 395 g/mol. The van der Waals surface area contributed by atoms with Crippen LogP contribution in [-0.4, -0.2) is 43.1 Å². The van der Waals surface area contributed by atoms with E-state index in [2.05, 4.69) is 6.08 Å². The van der Waals surface area contributed by atoms with Gasteiger partial charge in [0.05, 0.1) is 23.8 Å². The zero-order valence-electron chi connectivity index (χ0n) is 16.2. The molecular weight excluding hydrogens is 370 g/mol. The minimum absolute atomic E-state index is 0.100. The van der Waals surface area contributed by atoms with Crippen LogP contribution in [-0.2, 0) is 9.53 Å². The second kappa shape index (κ2) is 9.65. The summed E-state index contributed by atoms with van der Waals surface area (Å²) in [6.07, 6.45) is 4.85. The van der Waals surface area contributed by atoms with Gasteiger partial charge in [-0.25, -0.2) is 4.79 Å². The first-order chi connectivity index (χ1) is 12.9. The summed E-state index contributed by atoms with van der Waals surface area (Å²) in [5, 5.41) is 0.243. The van der Waals surface area contributed by atoms with Crippen molar-refractivity contribution in [1.29, 1.82) is 0 Å². The number of nitrogens with zero attached hydrogens (tertiary/aromatic N) is 1. The molecule has 0 aromatic heterocycles. The van der Waals surface area contributed by atoms with Crippen LogP contribution in [0.15, 0.2) is 23.9 Å². The van der Waals surface area contributed by atoms with E-state index in [1.54, 1.807) is 4.90 Å². The van der Waals surface area contributed by atoms with E-state index < -0.39 is 5.97 Å². The maximum Gasteiger partial charge on any atom is 0.338 e. The standard InChI is InChI=1S/C20H26ClNO5/c1-5-22(15-8-6-7-9-15)18(23)12-26-20(24)14-10-16(21)19(27-13(2)3)17(11-14)25-4/h8,10-11,13H,5-7,9,12H2,1-4H3. The third-order valence-electron chi connectivity index (χ3n) is 4.13. The van der Waals surface area contributed by atoms with Gasteiger partial charge in [-0.3, -0.25) is 4.79 Å². The highest BCUT2D eigenvalue weighted by Crippen LogP contribution is 2.37. The Morgan fingerprint density at radius 3 is 2.59 bits per heavy atom. The highest BCUT2D eigenvalue weighted by atomic mass is 35.5. The topological polar surface area (TPSA) is 65.1 Å². The third kappa shape index (κ3) is 5.39. The van der Waals surface area contributed by atoms with Crippen molar-refractivity contribution in [2.24, 2.45) is 0 Å². The van der Waals surface area contributed by atoms with E-state index in [1.165, 1.54) is 19.2 Å². The van der Waals surface area contributed by atoms with Gasteiger partial charge in [0.25, 0.3) is 5.91 Å². The van der Waals surface area contributed by atoms with Gasteiger partial charge in [0.2, 0.25) is 0 Å². The van der Waals surface area contributed by atoms with Crippen LogP contribution in [0.4, 0.5) is 0 Å². The quantitative estimate of drug-likeness (QED) is 0.617. The van der Waals surface area contributed by atoms with E-state index in [9.17, 15) is 9.59 Å². The van der Waals surface area contributed by atoms with Crippen molar-refractivity contribution in [2.45, 2.75) is 46.1 Å². The minimum Gasteiger partial charge on any atom is -0.493 e. The molecule has 1 aliphatic rings. The average Bonchev–Trinajstić information content (AvgIpc) is 3.15. The van der Waals surface area contributed by atoms with Crippen molar-refractivity contribution < 1.29 is 23.8 Å². The molecule has 27 heavy (non-hydrogen) atoms. The highest BCUT2D eigenvalue weighted by Gasteiger charge is 2.22. The summed E-state index contributed by atoms with van der Waals surface area (Å²) in [6.45, 7) is 5.85. The van der Waals surface area contributed by atoms with Gasteiger partial charge < -0.3 is 19.1 Å². The van der Waals surface area contributed by atoms with E-state index in [1.807, 2.05) is 20.8 Å². The zero-order chi connectivity index (χ0) is 20.0. The maximum absolute atomic E-state index is 12.4. The number of carbonyl (C=O) groups is 2. The van der Waals surface area contributed by atoms with Gasteiger partial charge in [-0.15, -0.1) is 0 Å². The lowest BCUT2D eigenvalue weighted by molar-refractivity contribution is -0.132. The van der Waals surface area contributed by atoms with Crippen molar-refractivity contribution in [3.05, 3.63) is 34.5 Å². The second-order valence-electron chi connectivity index (χ2n) is 6.46. The van der Waals surface area contributed by atoms with Crippen molar-refractivity contribution >= 4 is 23.5 Å². The van der Waals surface area contributed by atoms with E-state index in [0.717, 1.165) is 25.0 Å². The molecule has 1 aliphatic carbocycles. The number of rotatable bonds is 8. The smallest absolute Gasteiger partial charge is 0.338 e. The molecule has 0 bridgehead atoms. The number of methoxy groups -OCH3 is 1. The number of amides is 1. The molecule has 0 N–H and O–H groups in total. The molecule has 0 fully saturated rings. The lowest BCUT2D eigenvalue weighted by Crippen LogP contribution is -2.33. The number of halogens is 1. The van der Waals surface area contributed by atoms with Crippen LogP contribution in [0.5, 0.6) is 11.5 Å². The van der Waals surface area contributed by atoms with Gasteiger partial charge in [-0.1, -0.05) is 17.7 Å². The number of likely N-dealkylation sites (N-methyl/N-ethyl adjacent to an activating group) is 1. The molecule has 0 saturated heterocycles. The summed E-state index contributed by atoms with van der Waals surface area (Å²) in [5.74, 6) is -0.180. The molecule has 0 aliphatic heterocycles. The summed E-state index contributed by atoms with van der Waals surface area (Å²) in [7, 11) is 1.46. The number of benzene rings is 1. The van der Waals surface area contributed by atoms with Crippen LogP contribution in [0.3, 0.4) is 0 Å². The maximum atomic E-state index is 12.4. The lowest BCUT2D eigenvalue weighted by atomic mass is 10.2. The first kappa shape index (κ1) is 21.1. The Kier molecular flexibility index (Phi) is 7.54. The first-order valence-corrected chi connectivity index (χ1v) is 9.45. The molecule has 1 amide bonds. The third-order valence-corrected chi connectivity index (χ3v) is 4.41. The SMILES string of the molecule is CCN(C(=O)COC(=O)c1cc(Cl)c(OC(C)C)c(OC)c1)C1=CCCC1. The van der Waals surface area contributed by atoms with Gasteiger partial charge in [0.15, 0.2) is 18.1 Å². The predicted octanol–water partition coefficient (Wildman–Crippen LogP) is 4.21. The fraction of sp³-hybridized carbons (Fsp3) is 0.500. The molecular formula is C20H26ClNO5. The van der Waals surface area contributed by atoms with Crippen LogP contribution in [0, 0.1) is 0 Å². The van der Waals surface area contributed by atoms with Crippen LogP contribution in [0.1, 0.15) is 50.4 Å². The van der Waals surface area contributed by atoms with Gasteiger partial charge in [0, 0.05) is 12.2 Å². The summed E-state index contributed by atoms with van der Waals surface area (Å²) >= 11 is 6.23. The molecule has 2 rings (SSSR count). The van der Waals surface area contributed by atoms with Crippen LogP contribution in [0.25, 0.3) is 0 Å². The Morgan fingerprint density at radius 2 is 2.04 bits per heavy atom. The number of carbonyl (C=O) groups excluding carboxylic acids is 2. The zero-order valence-corrected chi connectivity index (χ0v) is 17.0. The average molecular weight is 396 g/mol. The number of hydrogen-bond acceptors (Lipinski definition) is 5. The van der Waals surface area contributed by atoms with E-state index in [4.69, 9.17) is 25.8 Å². The summed E-state index contributed by atoms with van der Waals surface area (Å²) < 4.78 is 16.1. The van der Waals surface area contributed by atoms with Gasteiger partial charge >= 0.3 is 5.97 Å². The minimum atomic E-state index is -0.642. The number of esters is 1. The largest absolute Gasteiger partial charge is 0.493 e.